The second kappa shape index (κ2) is 6.24. The lowest BCUT2D eigenvalue weighted by Crippen LogP contribution is -2.65. The van der Waals surface area contributed by atoms with E-state index in [2.05, 4.69) is 20.8 Å². The Morgan fingerprint density at radius 1 is 1.32 bits per heavy atom. The predicted molar refractivity (Wildman–Crippen MR) is 96.0 cm³/mol. The summed E-state index contributed by atoms with van der Waals surface area (Å²) in [7, 11) is -0.279. The molecule has 142 valence electrons. The molecule has 0 spiro atoms. The van der Waals surface area contributed by atoms with Crippen molar-refractivity contribution in [3.05, 3.63) is 0 Å². The fraction of sp³-hybridized carbons (Fsp3) is 0.947. The van der Waals surface area contributed by atoms with Gasteiger partial charge in [0.1, 0.15) is 5.60 Å². The van der Waals surface area contributed by atoms with Gasteiger partial charge in [0.25, 0.3) is 0 Å². The summed E-state index contributed by atoms with van der Waals surface area (Å²) in [4.78, 5) is 11.8. The molecule has 1 heterocycles. The zero-order valence-electron chi connectivity index (χ0n) is 16.5. The maximum Gasteiger partial charge on any atom is 0.457 e. The molecule has 6 heteroatoms. The Labute approximate surface area is 151 Å². The molecule has 3 saturated carbocycles. The van der Waals surface area contributed by atoms with Crippen molar-refractivity contribution >= 4 is 13.1 Å². The van der Waals surface area contributed by atoms with Gasteiger partial charge in [-0.1, -0.05) is 13.8 Å². The summed E-state index contributed by atoms with van der Waals surface area (Å²) in [6.07, 6.45) is 2.84. The molecule has 5 atom stereocenters. The third-order valence-corrected chi connectivity index (χ3v) is 6.56. The van der Waals surface area contributed by atoms with Crippen molar-refractivity contribution in [1.82, 2.24) is 0 Å². The van der Waals surface area contributed by atoms with E-state index in [4.69, 9.17) is 14.0 Å². The minimum atomic E-state index is -0.720. The van der Waals surface area contributed by atoms with Crippen LogP contribution in [0, 0.1) is 17.3 Å². The van der Waals surface area contributed by atoms with Gasteiger partial charge >= 0.3 is 13.1 Å². The van der Waals surface area contributed by atoms with E-state index in [1.165, 1.54) is 6.42 Å². The van der Waals surface area contributed by atoms with Crippen LogP contribution < -0.4 is 0 Å². The topological polar surface area (TPSA) is 65.0 Å². The van der Waals surface area contributed by atoms with E-state index in [9.17, 15) is 9.90 Å². The Balaban J connectivity index is 1.47. The van der Waals surface area contributed by atoms with Gasteiger partial charge in [-0.2, -0.15) is 0 Å². The molecular formula is C19H33BO5. The lowest BCUT2D eigenvalue weighted by molar-refractivity contribution is -0.199. The molecule has 0 radical (unpaired) electrons. The van der Waals surface area contributed by atoms with E-state index < -0.39 is 11.7 Å². The van der Waals surface area contributed by atoms with Gasteiger partial charge in [-0.05, 0) is 70.5 Å². The predicted octanol–water partition coefficient (Wildman–Crippen LogP) is 3.20. The summed E-state index contributed by atoms with van der Waals surface area (Å²) < 4.78 is 17.7. The molecule has 1 saturated heterocycles. The number of carbonyl (C=O) groups excluding carboxylic acids is 1. The Bertz CT molecular complexity index is 528. The molecule has 1 aliphatic heterocycles. The van der Waals surface area contributed by atoms with Crippen LogP contribution in [-0.2, 0) is 18.8 Å². The van der Waals surface area contributed by atoms with Crippen LogP contribution in [0.3, 0.4) is 0 Å². The summed E-state index contributed by atoms with van der Waals surface area (Å²) in [6.45, 7) is 12.4. The quantitative estimate of drug-likeness (QED) is 0.608. The molecule has 2 bridgehead atoms. The fourth-order valence-electron chi connectivity index (χ4n) is 5.08. The van der Waals surface area contributed by atoms with Crippen LogP contribution >= 0.6 is 0 Å². The van der Waals surface area contributed by atoms with Gasteiger partial charge in [0.2, 0.25) is 0 Å². The van der Waals surface area contributed by atoms with Gasteiger partial charge in [-0.3, -0.25) is 4.79 Å². The molecule has 4 rings (SSSR count). The zero-order chi connectivity index (χ0) is 18.6. The van der Waals surface area contributed by atoms with Crippen LogP contribution in [0.5, 0.6) is 0 Å². The number of ether oxygens (including phenoxy) is 1. The summed E-state index contributed by atoms with van der Waals surface area (Å²) in [5.74, 6) is 0.910. The molecule has 4 fully saturated rings. The number of hydrogen-bond acceptors (Lipinski definition) is 5. The second-order valence-electron chi connectivity index (χ2n) is 9.92. The van der Waals surface area contributed by atoms with E-state index in [1.54, 1.807) is 0 Å². The Morgan fingerprint density at radius 3 is 2.60 bits per heavy atom. The average molecular weight is 352 g/mol. The highest BCUT2D eigenvalue weighted by atomic mass is 16.7. The monoisotopic (exact) mass is 352 g/mol. The Hall–Kier alpha value is -0.585. The van der Waals surface area contributed by atoms with Crippen LogP contribution in [0.15, 0.2) is 0 Å². The van der Waals surface area contributed by atoms with Gasteiger partial charge < -0.3 is 19.2 Å². The van der Waals surface area contributed by atoms with Crippen molar-refractivity contribution in [3.63, 3.8) is 0 Å². The number of aliphatic hydroxyl groups excluding tert-OH is 1. The number of carbonyl (C=O) groups is 1. The summed E-state index contributed by atoms with van der Waals surface area (Å²) in [5.41, 5.74) is -0.398. The van der Waals surface area contributed by atoms with E-state index in [1.807, 2.05) is 20.8 Å². The van der Waals surface area contributed by atoms with Crippen molar-refractivity contribution in [2.45, 2.75) is 97.0 Å². The molecule has 1 N–H and O–H groups in total. The van der Waals surface area contributed by atoms with Crippen LogP contribution in [-0.4, -0.2) is 41.6 Å². The molecule has 4 aliphatic rings. The molecule has 0 aromatic carbocycles. The normalized spacial score (nSPS) is 37.2. The first-order chi connectivity index (χ1) is 11.4. The number of rotatable bonds is 5. The molecule has 0 aromatic rings. The van der Waals surface area contributed by atoms with Crippen molar-refractivity contribution in [3.8, 4) is 0 Å². The smallest absolute Gasteiger partial charge is 0.457 e. The van der Waals surface area contributed by atoms with Crippen LogP contribution in [0.4, 0.5) is 0 Å². The van der Waals surface area contributed by atoms with Crippen molar-refractivity contribution < 1.29 is 23.9 Å². The van der Waals surface area contributed by atoms with Crippen molar-refractivity contribution in [1.29, 1.82) is 0 Å². The number of hydrogen-bond donors (Lipinski definition) is 1. The van der Waals surface area contributed by atoms with Gasteiger partial charge in [0.05, 0.1) is 24.2 Å². The SMILES string of the molecule is CC(C)(C)OC(=O)C[C@@H](O)CCB1O[C@@H]2C[C@@H]3C[C@@H](C3(C)C)[C@]2(C)O1. The van der Waals surface area contributed by atoms with E-state index in [-0.39, 0.29) is 31.2 Å². The lowest BCUT2D eigenvalue weighted by atomic mass is 9.43. The minimum absolute atomic E-state index is 0.0163. The lowest BCUT2D eigenvalue weighted by Gasteiger charge is -2.64. The maximum atomic E-state index is 11.8. The van der Waals surface area contributed by atoms with Gasteiger partial charge in [0.15, 0.2) is 0 Å². The first-order valence-electron chi connectivity index (χ1n) is 9.65. The maximum absolute atomic E-state index is 11.8. The Morgan fingerprint density at radius 2 is 2.00 bits per heavy atom. The van der Waals surface area contributed by atoms with Crippen molar-refractivity contribution in [2.24, 2.45) is 17.3 Å². The first kappa shape index (κ1) is 19.2. The summed E-state index contributed by atoms with van der Waals surface area (Å²) in [5, 5.41) is 10.1. The van der Waals surface area contributed by atoms with Gasteiger partial charge in [0, 0.05) is 0 Å². The fourth-order valence-corrected chi connectivity index (χ4v) is 5.08. The third kappa shape index (κ3) is 3.63. The zero-order valence-corrected chi connectivity index (χ0v) is 16.5. The van der Waals surface area contributed by atoms with Gasteiger partial charge in [-0.25, -0.2) is 0 Å². The van der Waals surface area contributed by atoms with E-state index in [0.717, 1.165) is 12.3 Å². The Kier molecular flexibility index (Phi) is 4.79. The van der Waals surface area contributed by atoms with Crippen LogP contribution in [0.2, 0.25) is 6.32 Å². The molecule has 0 aromatic heterocycles. The van der Waals surface area contributed by atoms with Crippen molar-refractivity contribution in [2.75, 3.05) is 0 Å². The highest BCUT2D eigenvalue weighted by Crippen LogP contribution is 2.65. The van der Waals surface area contributed by atoms with Crippen LogP contribution in [0.1, 0.15) is 67.2 Å². The van der Waals surface area contributed by atoms with Gasteiger partial charge in [-0.15, -0.1) is 0 Å². The third-order valence-electron chi connectivity index (χ3n) is 6.56. The highest BCUT2D eigenvalue weighted by molar-refractivity contribution is 6.45. The average Bonchev–Trinajstić information content (AvgIpc) is 2.78. The number of aliphatic hydroxyl groups is 1. The highest BCUT2D eigenvalue weighted by Gasteiger charge is 2.67. The largest absolute Gasteiger partial charge is 0.460 e. The summed E-state index contributed by atoms with van der Waals surface area (Å²) >= 11 is 0. The minimum Gasteiger partial charge on any atom is -0.460 e. The molecule has 3 aliphatic carbocycles. The molecule has 0 amide bonds. The molecule has 25 heavy (non-hydrogen) atoms. The number of esters is 1. The second-order valence-corrected chi connectivity index (χ2v) is 9.92. The molecule has 5 nitrogen and oxygen atoms in total. The standard InChI is InChI=1S/C19H33BO5/c1-17(2,3)23-16(22)11-13(21)7-8-20-24-15-10-12-9-14(18(12,4)5)19(15,6)25-20/h12-15,21H,7-11H2,1-6H3/t12-,13-,14-,15+,19-/m0/s1. The first-order valence-corrected chi connectivity index (χ1v) is 9.65. The van der Waals surface area contributed by atoms with E-state index >= 15 is 0 Å². The summed E-state index contributed by atoms with van der Waals surface area (Å²) in [6, 6.07) is 0. The molecular weight excluding hydrogens is 319 g/mol. The molecule has 0 unspecified atom stereocenters. The van der Waals surface area contributed by atoms with Crippen LogP contribution in [0.25, 0.3) is 0 Å². The van der Waals surface area contributed by atoms with E-state index in [0.29, 0.717) is 24.1 Å².